The maximum Gasteiger partial charge on any atom is 0.335 e. The summed E-state index contributed by atoms with van der Waals surface area (Å²) in [7, 11) is 0. The Bertz CT molecular complexity index is 1420. The average molecular weight is 522 g/mol. The lowest BCUT2D eigenvalue weighted by Gasteiger charge is -2.26. The number of non-ortho nitro benzene ring substituents is 1. The molecule has 0 spiro atoms. The summed E-state index contributed by atoms with van der Waals surface area (Å²) in [6, 6.07) is 16.4. The van der Waals surface area contributed by atoms with Crippen LogP contribution in [-0.2, 0) is 16.2 Å². The van der Waals surface area contributed by atoms with Crippen LogP contribution in [0.2, 0.25) is 5.02 Å². The number of nitro benzene ring substituents is 1. The minimum absolute atomic E-state index is 0.0622. The van der Waals surface area contributed by atoms with Gasteiger partial charge in [0.25, 0.3) is 17.5 Å². The van der Waals surface area contributed by atoms with Gasteiger partial charge < -0.3 is 9.47 Å². The molecule has 0 bridgehead atoms. The van der Waals surface area contributed by atoms with Crippen molar-refractivity contribution in [3.05, 3.63) is 98.6 Å². The number of urea groups is 1. The Balaban J connectivity index is 1.67. The van der Waals surface area contributed by atoms with Gasteiger partial charge >= 0.3 is 6.03 Å². The van der Waals surface area contributed by atoms with E-state index >= 15 is 0 Å². The van der Waals surface area contributed by atoms with E-state index in [0.717, 1.165) is 11.6 Å². The van der Waals surface area contributed by atoms with E-state index in [4.69, 9.17) is 21.1 Å². The van der Waals surface area contributed by atoms with E-state index in [-0.39, 0.29) is 28.6 Å². The first-order valence-corrected chi connectivity index (χ1v) is 11.4. The molecule has 4 rings (SSSR count). The number of nitro groups is 1. The summed E-state index contributed by atoms with van der Waals surface area (Å²) in [5.41, 5.74) is 0.505. The molecule has 11 heteroatoms. The quantitative estimate of drug-likeness (QED) is 0.193. The number of hydrogen-bond donors (Lipinski definition) is 1. The van der Waals surface area contributed by atoms with Gasteiger partial charge in [-0.25, -0.2) is 9.69 Å². The van der Waals surface area contributed by atoms with Gasteiger partial charge in [-0.3, -0.25) is 25.0 Å². The summed E-state index contributed by atoms with van der Waals surface area (Å²) >= 11 is 6.47. The van der Waals surface area contributed by atoms with Crippen molar-refractivity contribution in [3.63, 3.8) is 0 Å². The maximum absolute atomic E-state index is 13.2. The first-order chi connectivity index (χ1) is 17.8. The summed E-state index contributed by atoms with van der Waals surface area (Å²) in [6.07, 6.45) is 1.25. The molecule has 3 aromatic carbocycles. The van der Waals surface area contributed by atoms with Crippen molar-refractivity contribution in [1.82, 2.24) is 5.32 Å². The number of hydrogen-bond acceptors (Lipinski definition) is 7. The number of nitrogens with zero attached hydrogens (tertiary/aromatic N) is 2. The van der Waals surface area contributed by atoms with E-state index in [1.807, 2.05) is 30.3 Å². The molecule has 1 saturated heterocycles. The van der Waals surface area contributed by atoms with Gasteiger partial charge in [0.15, 0.2) is 11.5 Å². The number of nitrogens with one attached hydrogen (secondary N) is 1. The molecule has 10 nitrogen and oxygen atoms in total. The molecular formula is C26H20ClN3O7. The fourth-order valence-corrected chi connectivity index (χ4v) is 3.88. The standard InChI is InChI=1S/C26H20ClN3O7/c1-2-36-22-13-17(12-21(27)23(22)37-15-16-7-4-3-5-8-16)11-20-24(31)28-26(33)29(25(20)32)18-9-6-10-19(14-18)30(34)35/h3-14H,2,15H2,1H3,(H,28,31,33)/b20-11+. The van der Waals surface area contributed by atoms with Crippen molar-refractivity contribution in [2.24, 2.45) is 0 Å². The van der Waals surface area contributed by atoms with Gasteiger partial charge in [0.05, 0.1) is 22.2 Å². The van der Waals surface area contributed by atoms with Crippen molar-refractivity contribution in [1.29, 1.82) is 0 Å². The zero-order valence-electron chi connectivity index (χ0n) is 19.5. The highest BCUT2D eigenvalue weighted by molar-refractivity contribution is 6.39. The van der Waals surface area contributed by atoms with Crippen LogP contribution in [-0.4, -0.2) is 29.4 Å². The van der Waals surface area contributed by atoms with E-state index in [2.05, 4.69) is 5.32 Å². The highest BCUT2D eigenvalue weighted by Crippen LogP contribution is 2.38. The lowest BCUT2D eigenvalue weighted by Crippen LogP contribution is -2.54. The normalized spacial score (nSPS) is 14.5. The maximum atomic E-state index is 13.2. The van der Waals surface area contributed by atoms with Gasteiger partial charge in [-0.05, 0) is 42.3 Å². The average Bonchev–Trinajstić information content (AvgIpc) is 2.87. The molecule has 0 saturated carbocycles. The van der Waals surface area contributed by atoms with Gasteiger partial charge in [-0.2, -0.15) is 0 Å². The summed E-state index contributed by atoms with van der Waals surface area (Å²) < 4.78 is 11.6. The SMILES string of the molecule is CCOc1cc(/C=C2\C(=O)NC(=O)N(c3cccc([N+](=O)[O-])c3)C2=O)cc(Cl)c1OCc1ccccc1. The van der Waals surface area contributed by atoms with Gasteiger partial charge in [0.2, 0.25) is 0 Å². The second-order valence-electron chi connectivity index (χ2n) is 7.77. The first-order valence-electron chi connectivity index (χ1n) is 11.1. The summed E-state index contributed by atoms with van der Waals surface area (Å²) in [5.74, 6) is -1.28. The van der Waals surface area contributed by atoms with Crippen molar-refractivity contribution >= 4 is 46.9 Å². The van der Waals surface area contributed by atoms with Gasteiger partial charge in [0, 0.05) is 12.1 Å². The highest BCUT2D eigenvalue weighted by atomic mass is 35.5. The van der Waals surface area contributed by atoms with Crippen LogP contribution >= 0.6 is 11.6 Å². The number of carbonyl (C=O) groups excluding carboxylic acids is 3. The molecule has 0 unspecified atom stereocenters. The van der Waals surface area contributed by atoms with Crippen LogP contribution in [0.3, 0.4) is 0 Å². The highest BCUT2D eigenvalue weighted by Gasteiger charge is 2.37. The number of halogens is 1. The molecule has 0 aromatic heterocycles. The number of benzene rings is 3. The summed E-state index contributed by atoms with van der Waals surface area (Å²) in [6.45, 7) is 2.31. The molecular weight excluding hydrogens is 502 g/mol. The summed E-state index contributed by atoms with van der Waals surface area (Å²) in [4.78, 5) is 49.3. The number of amides is 4. The van der Waals surface area contributed by atoms with Crippen LogP contribution in [0, 0.1) is 10.1 Å². The molecule has 37 heavy (non-hydrogen) atoms. The van der Waals surface area contributed by atoms with Gasteiger partial charge in [0.1, 0.15) is 12.2 Å². The van der Waals surface area contributed by atoms with E-state index in [0.29, 0.717) is 28.6 Å². The second-order valence-corrected chi connectivity index (χ2v) is 8.18. The minimum atomic E-state index is -1.02. The Morgan fingerprint density at radius 1 is 1.03 bits per heavy atom. The van der Waals surface area contributed by atoms with Crippen molar-refractivity contribution in [2.75, 3.05) is 11.5 Å². The number of imide groups is 2. The summed E-state index contributed by atoms with van der Waals surface area (Å²) in [5, 5.41) is 13.4. The third kappa shape index (κ3) is 5.60. The Labute approximate surface area is 216 Å². The fraction of sp³-hybridized carbons (Fsp3) is 0.115. The van der Waals surface area contributed by atoms with E-state index < -0.39 is 22.8 Å². The smallest absolute Gasteiger partial charge is 0.335 e. The minimum Gasteiger partial charge on any atom is -0.490 e. The van der Waals surface area contributed by atoms with E-state index in [9.17, 15) is 24.5 Å². The van der Waals surface area contributed by atoms with Crippen LogP contribution < -0.4 is 19.7 Å². The predicted octanol–water partition coefficient (Wildman–Crippen LogP) is 4.89. The Kier molecular flexibility index (Phi) is 7.49. The first kappa shape index (κ1) is 25.4. The van der Waals surface area contributed by atoms with Crippen LogP contribution in [0.25, 0.3) is 6.08 Å². The lowest BCUT2D eigenvalue weighted by atomic mass is 10.1. The molecule has 188 valence electrons. The molecule has 0 aliphatic carbocycles. The number of carbonyl (C=O) groups is 3. The third-order valence-corrected chi connectivity index (χ3v) is 5.55. The largest absolute Gasteiger partial charge is 0.490 e. The van der Waals surface area contributed by atoms with Crippen molar-refractivity contribution in [3.8, 4) is 11.5 Å². The molecule has 0 radical (unpaired) electrons. The third-order valence-electron chi connectivity index (χ3n) is 5.27. The van der Waals surface area contributed by atoms with Crippen molar-refractivity contribution in [2.45, 2.75) is 13.5 Å². The molecule has 1 aliphatic rings. The molecule has 0 atom stereocenters. The molecule has 1 aliphatic heterocycles. The molecule has 4 amide bonds. The number of barbiturate groups is 1. The van der Waals surface area contributed by atoms with Crippen LogP contribution in [0.5, 0.6) is 11.5 Å². The van der Waals surface area contributed by atoms with E-state index in [1.165, 1.54) is 30.3 Å². The Morgan fingerprint density at radius 2 is 1.78 bits per heavy atom. The molecule has 1 fully saturated rings. The fourth-order valence-electron chi connectivity index (χ4n) is 3.61. The van der Waals surface area contributed by atoms with E-state index in [1.54, 1.807) is 13.0 Å². The van der Waals surface area contributed by atoms with Crippen LogP contribution in [0.15, 0.2) is 72.3 Å². The monoisotopic (exact) mass is 521 g/mol. The number of rotatable bonds is 8. The Morgan fingerprint density at radius 3 is 2.49 bits per heavy atom. The molecule has 3 aromatic rings. The Hall–Kier alpha value is -4.70. The topological polar surface area (TPSA) is 128 Å². The number of ether oxygens (including phenoxy) is 2. The zero-order chi connectivity index (χ0) is 26.5. The molecule has 1 N–H and O–H groups in total. The second kappa shape index (κ2) is 10.9. The van der Waals surface area contributed by atoms with Crippen LogP contribution in [0.4, 0.5) is 16.2 Å². The predicted molar refractivity (Wildman–Crippen MR) is 135 cm³/mol. The zero-order valence-corrected chi connectivity index (χ0v) is 20.2. The number of anilines is 1. The lowest BCUT2D eigenvalue weighted by molar-refractivity contribution is -0.384. The van der Waals surface area contributed by atoms with Gasteiger partial charge in [-0.15, -0.1) is 0 Å². The molecule has 1 heterocycles. The van der Waals surface area contributed by atoms with Crippen molar-refractivity contribution < 1.29 is 28.8 Å². The van der Waals surface area contributed by atoms with Crippen LogP contribution in [0.1, 0.15) is 18.1 Å². The van der Waals surface area contributed by atoms with Gasteiger partial charge in [-0.1, -0.05) is 48.0 Å².